The number of ether oxygens (including phenoxy) is 1. The summed E-state index contributed by atoms with van der Waals surface area (Å²) in [5.74, 6) is -0.840. The third-order valence-corrected chi connectivity index (χ3v) is 3.46. The van der Waals surface area contributed by atoms with Crippen molar-refractivity contribution in [1.29, 1.82) is 0 Å². The van der Waals surface area contributed by atoms with Crippen LogP contribution in [0.2, 0.25) is 5.02 Å². The second-order valence-corrected chi connectivity index (χ2v) is 5.09. The predicted molar refractivity (Wildman–Crippen MR) is 70.1 cm³/mol. The van der Waals surface area contributed by atoms with E-state index in [0.29, 0.717) is 24.5 Å². The highest BCUT2D eigenvalue weighted by Crippen LogP contribution is 2.29. The first kappa shape index (κ1) is 13.2. The maximum absolute atomic E-state index is 11.5. The maximum atomic E-state index is 11.5. The van der Waals surface area contributed by atoms with Crippen LogP contribution in [0.1, 0.15) is 19.8 Å². The molecule has 0 amide bonds. The lowest BCUT2D eigenvalue weighted by atomic mass is 9.86. The first-order chi connectivity index (χ1) is 8.52. The summed E-state index contributed by atoms with van der Waals surface area (Å²) < 4.78 is 5.42. The van der Waals surface area contributed by atoms with Crippen molar-refractivity contribution in [2.75, 3.05) is 11.9 Å². The lowest BCUT2D eigenvalue weighted by Gasteiger charge is -2.37. The van der Waals surface area contributed by atoms with Crippen molar-refractivity contribution in [3.05, 3.63) is 29.3 Å². The first-order valence-electron chi connectivity index (χ1n) is 5.91. The molecule has 0 aromatic heterocycles. The Labute approximate surface area is 111 Å². The molecule has 1 aliphatic rings. The van der Waals surface area contributed by atoms with E-state index in [1.165, 1.54) is 0 Å². The summed E-state index contributed by atoms with van der Waals surface area (Å²) in [4.78, 5) is 11.5. The fourth-order valence-corrected chi connectivity index (χ4v) is 2.38. The summed E-state index contributed by atoms with van der Waals surface area (Å²) in [7, 11) is 0. The van der Waals surface area contributed by atoms with Crippen LogP contribution in [0.25, 0.3) is 0 Å². The molecular weight excluding hydrogens is 254 g/mol. The quantitative estimate of drug-likeness (QED) is 0.886. The smallest absolute Gasteiger partial charge is 0.329 e. The van der Waals surface area contributed by atoms with E-state index in [2.05, 4.69) is 5.32 Å². The van der Waals surface area contributed by atoms with E-state index < -0.39 is 11.5 Å². The van der Waals surface area contributed by atoms with Crippen molar-refractivity contribution < 1.29 is 14.6 Å². The van der Waals surface area contributed by atoms with Crippen LogP contribution in [0, 0.1) is 0 Å². The van der Waals surface area contributed by atoms with E-state index in [0.717, 1.165) is 5.69 Å². The van der Waals surface area contributed by atoms with E-state index in [9.17, 15) is 9.90 Å². The van der Waals surface area contributed by atoms with Crippen molar-refractivity contribution >= 4 is 23.3 Å². The van der Waals surface area contributed by atoms with Crippen LogP contribution < -0.4 is 5.32 Å². The highest BCUT2D eigenvalue weighted by molar-refractivity contribution is 6.30. The minimum Gasteiger partial charge on any atom is -0.480 e. The Morgan fingerprint density at radius 2 is 2.17 bits per heavy atom. The van der Waals surface area contributed by atoms with Crippen molar-refractivity contribution in [2.45, 2.75) is 31.4 Å². The SMILES string of the molecule is CC1CC(Nc2ccc(Cl)cc2)(C(=O)O)CCO1. The van der Waals surface area contributed by atoms with E-state index >= 15 is 0 Å². The Morgan fingerprint density at radius 3 is 2.72 bits per heavy atom. The molecule has 2 N–H and O–H groups in total. The number of anilines is 1. The van der Waals surface area contributed by atoms with Gasteiger partial charge in [-0.3, -0.25) is 0 Å². The molecule has 4 nitrogen and oxygen atoms in total. The molecule has 2 atom stereocenters. The molecule has 1 fully saturated rings. The molecule has 5 heteroatoms. The molecule has 0 bridgehead atoms. The lowest BCUT2D eigenvalue weighted by molar-refractivity contribution is -0.147. The van der Waals surface area contributed by atoms with Crippen molar-refractivity contribution in [1.82, 2.24) is 0 Å². The monoisotopic (exact) mass is 269 g/mol. The minimum absolute atomic E-state index is 0.0605. The van der Waals surface area contributed by atoms with Gasteiger partial charge in [0.1, 0.15) is 5.54 Å². The van der Waals surface area contributed by atoms with Crippen LogP contribution >= 0.6 is 11.6 Å². The van der Waals surface area contributed by atoms with Gasteiger partial charge in [0.15, 0.2) is 0 Å². The maximum Gasteiger partial charge on any atom is 0.329 e. The zero-order valence-corrected chi connectivity index (χ0v) is 10.9. The molecule has 0 saturated carbocycles. The van der Waals surface area contributed by atoms with E-state index in [4.69, 9.17) is 16.3 Å². The van der Waals surface area contributed by atoms with Gasteiger partial charge in [0.2, 0.25) is 0 Å². The Balaban J connectivity index is 2.20. The van der Waals surface area contributed by atoms with Crippen LogP contribution in [0.15, 0.2) is 24.3 Å². The Bertz CT molecular complexity index is 434. The second-order valence-electron chi connectivity index (χ2n) is 4.65. The minimum atomic E-state index is -0.953. The summed E-state index contributed by atoms with van der Waals surface area (Å²) in [6.07, 6.45) is 0.843. The fraction of sp³-hybridized carbons (Fsp3) is 0.462. The largest absolute Gasteiger partial charge is 0.480 e. The average Bonchev–Trinajstić information content (AvgIpc) is 2.32. The Kier molecular flexibility index (Phi) is 3.78. The second kappa shape index (κ2) is 5.16. The predicted octanol–water partition coefficient (Wildman–Crippen LogP) is 2.77. The standard InChI is InChI=1S/C13H16ClNO3/c1-9-8-13(12(16)17,6-7-18-9)15-11-4-2-10(14)3-5-11/h2-5,9,15H,6-8H2,1H3,(H,16,17). The van der Waals surface area contributed by atoms with Crippen LogP contribution in [-0.4, -0.2) is 29.3 Å². The van der Waals surface area contributed by atoms with E-state index in [1.54, 1.807) is 24.3 Å². The summed E-state index contributed by atoms with van der Waals surface area (Å²) in [6.45, 7) is 2.34. The third-order valence-electron chi connectivity index (χ3n) is 3.20. The molecule has 0 spiro atoms. The van der Waals surface area contributed by atoms with Gasteiger partial charge in [0.05, 0.1) is 6.10 Å². The number of carboxylic acid groups (broad SMARTS) is 1. The molecule has 2 unspecified atom stereocenters. The van der Waals surface area contributed by atoms with E-state index in [-0.39, 0.29) is 6.10 Å². The average molecular weight is 270 g/mol. The van der Waals surface area contributed by atoms with E-state index in [1.807, 2.05) is 6.92 Å². The van der Waals surface area contributed by atoms with Gasteiger partial charge in [-0.1, -0.05) is 11.6 Å². The van der Waals surface area contributed by atoms with Gasteiger partial charge in [-0.15, -0.1) is 0 Å². The Hall–Kier alpha value is -1.26. The number of halogens is 1. The van der Waals surface area contributed by atoms with Gasteiger partial charge in [0, 0.05) is 30.2 Å². The number of rotatable bonds is 3. The molecular formula is C13H16ClNO3. The van der Waals surface area contributed by atoms with Gasteiger partial charge >= 0.3 is 5.97 Å². The highest BCUT2D eigenvalue weighted by atomic mass is 35.5. The van der Waals surface area contributed by atoms with Crippen LogP contribution in [0.5, 0.6) is 0 Å². The van der Waals surface area contributed by atoms with Gasteiger partial charge in [-0.25, -0.2) is 4.79 Å². The molecule has 0 radical (unpaired) electrons. The molecule has 1 aromatic carbocycles. The topological polar surface area (TPSA) is 58.6 Å². The number of carbonyl (C=O) groups is 1. The third kappa shape index (κ3) is 2.76. The fourth-order valence-electron chi connectivity index (χ4n) is 2.26. The lowest BCUT2D eigenvalue weighted by Crippen LogP contribution is -2.52. The van der Waals surface area contributed by atoms with Crippen molar-refractivity contribution in [3.63, 3.8) is 0 Å². The molecule has 2 rings (SSSR count). The highest BCUT2D eigenvalue weighted by Gasteiger charge is 2.42. The number of benzene rings is 1. The van der Waals surface area contributed by atoms with Crippen LogP contribution in [0.3, 0.4) is 0 Å². The molecule has 1 aromatic rings. The molecule has 1 saturated heterocycles. The van der Waals surface area contributed by atoms with Crippen LogP contribution in [0.4, 0.5) is 5.69 Å². The first-order valence-corrected chi connectivity index (χ1v) is 6.28. The normalized spacial score (nSPS) is 27.8. The molecule has 98 valence electrons. The Morgan fingerprint density at radius 1 is 1.50 bits per heavy atom. The van der Waals surface area contributed by atoms with Gasteiger partial charge in [0.25, 0.3) is 0 Å². The molecule has 1 heterocycles. The summed E-state index contributed by atoms with van der Waals surface area (Å²) in [6, 6.07) is 7.05. The number of nitrogens with one attached hydrogen (secondary N) is 1. The zero-order chi connectivity index (χ0) is 13.2. The number of hydrogen-bond donors (Lipinski definition) is 2. The zero-order valence-electron chi connectivity index (χ0n) is 10.1. The van der Waals surface area contributed by atoms with Crippen molar-refractivity contribution in [3.8, 4) is 0 Å². The number of hydrogen-bond acceptors (Lipinski definition) is 3. The van der Waals surface area contributed by atoms with Gasteiger partial charge < -0.3 is 15.2 Å². The summed E-state index contributed by atoms with van der Waals surface area (Å²) in [5, 5.41) is 13.2. The molecule has 18 heavy (non-hydrogen) atoms. The number of carboxylic acids is 1. The summed E-state index contributed by atoms with van der Waals surface area (Å²) in [5.41, 5.74) is -0.193. The molecule has 0 aliphatic carbocycles. The number of aliphatic carboxylic acids is 1. The van der Waals surface area contributed by atoms with Gasteiger partial charge in [-0.05, 0) is 31.2 Å². The summed E-state index contributed by atoms with van der Waals surface area (Å²) >= 11 is 5.81. The van der Waals surface area contributed by atoms with Gasteiger partial charge in [-0.2, -0.15) is 0 Å². The van der Waals surface area contributed by atoms with Crippen LogP contribution in [-0.2, 0) is 9.53 Å². The molecule has 1 aliphatic heterocycles. The van der Waals surface area contributed by atoms with Crippen molar-refractivity contribution in [2.24, 2.45) is 0 Å².